The molecule has 8 heteroatoms. The number of rotatable bonds is 14. The summed E-state index contributed by atoms with van der Waals surface area (Å²) in [5, 5.41) is 4.00. The lowest BCUT2D eigenvalue weighted by Crippen LogP contribution is -2.42. The second-order valence-corrected chi connectivity index (χ2v) is 25.2. The van der Waals surface area contributed by atoms with Crippen molar-refractivity contribution in [3.8, 4) is 0 Å². The van der Waals surface area contributed by atoms with Crippen molar-refractivity contribution < 1.29 is 18.3 Å². The molecular weight excluding hydrogens is 569 g/mol. The van der Waals surface area contributed by atoms with Crippen LogP contribution in [0.15, 0.2) is 30.3 Å². The summed E-state index contributed by atoms with van der Waals surface area (Å²) < 4.78 is 24.1. The summed E-state index contributed by atoms with van der Waals surface area (Å²) in [4.78, 5) is 2.52. The summed E-state index contributed by atoms with van der Waals surface area (Å²) in [6.07, 6.45) is 7.81. The van der Waals surface area contributed by atoms with Crippen LogP contribution < -0.4 is 5.32 Å². The first-order valence-electron chi connectivity index (χ1n) is 17.1. The van der Waals surface area contributed by atoms with E-state index in [1.165, 1.54) is 18.4 Å². The van der Waals surface area contributed by atoms with Gasteiger partial charge in [-0.25, -0.2) is 0 Å². The van der Waals surface area contributed by atoms with E-state index >= 15 is 0 Å². The molecule has 6 nitrogen and oxygen atoms in total. The second-order valence-electron chi connectivity index (χ2n) is 15.6. The summed E-state index contributed by atoms with van der Waals surface area (Å²) >= 11 is 0. The van der Waals surface area contributed by atoms with Crippen LogP contribution in [0.1, 0.15) is 85.6 Å². The molecule has 2 unspecified atom stereocenters. The Labute approximate surface area is 268 Å². The predicted octanol–water partition coefficient (Wildman–Crippen LogP) is 8.25. The zero-order valence-electron chi connectivity index (χ0n) is 29.7. The molecule has 3 rings (SSSR count). The molecule has 2 aliphatic rings. The van der Waals surface area contributed by atoms with E-state index < -0.39 is 16.6 Å². The molecule has 0 aromatic heterocycles. The van der Waals surface area contributed by atoms with E-state index in [0.29, 0.717) is 22.3 Å². The van der Waals surface area contributed by atoms with E-state index in [1.807, 2.05) is 0 Å². The number of unbranched alkanes of at least 4 members (excludes halogenated alkanes) is 2. The van der Waals surface area contributed by atoms with Crippen molar-refractivity contribution in [2.45, 2.75) is 135 Å². The van der Waals surface area contributed by atoms with E-state index in [2.05, 4.69) is 108 Å². The number of benzene rings is 1. The van der Waals surface area contributed by atoms with Gasteiger partial charge < -0.3 is 23.6 Å². The van der Waals surface area contributed by atoms with Crippen LogP contribution in [0.2, 0.25) is 36.3 Å². The van der Waals surface area contributed by atoms with Crippen molar-refractivity contribution in [1.82, 2.24) is 10.2 Å². The zero-order chi connectivity index (χ0) is 32.0. The highest BCUT2D eigenvalue weighted by molar-refractivity contribution is 6.74. The third-order valence-electron chi connectivity index (χ3n) is 9.86. The van der Waals surface area contributed by atoms with Gasteiger partial charge in [-0.15, -0.1) is 0 Å². The van der Waals surface area contributed by atoms with Crippen LogP contribution in [-0.4, -0.2) is 86.3 Å². The standard InChI is InChI=1S/C21H37NO2Si.C14H31NO2Si/c1-21(2,3)25(4,5)24-15-10-9-13-20-18-22(14-16-23-20)17-19-11-7-6-8-12-19;1-14(2,3)18(4,5)17-10-7-6-8-13-12-15-9-11-16-13/h6-8,11-12,20H,9-10,13-18H2,1-5H3;13,15H,6-12H2,1-5H3. The molecule has 1 aromatic carbocycles. The van der Waals surface area contributed by atoms with Gasteiger partial charge in [0.05, 0.1) is 25.4 Å². The molecule has 0 bridgehead atoms. The molecule has 43 heavy (non-hydrogen) atoms. The molecule has 2 atom stereocenters. The minimum atomic E-state index is -1.59. The number of morpholine rings is 2. The summed E-state index contributed by atoms with van der Waals surface area (Å²) in [7, 11) is -3.13. The molecule has 1 N–H and O–H groups in total. The lowest BCUT2D eigenvalue weighted by molar-refractivity contribution is -0.0360. The molecule has 0 radical (unpaired) electrons. The maximum atomic E-state index is 6.27. The van der Waals surface area contributed by atoms with Crippen molar-refractivity contribution in [3.63, 3.8) is 0 Å². The van der Waals surface area contributed by atoms with Crippen LogP contribution in [0.4, 0.5) is 0 Å². The highest BCUT2D eigenvalue weighted by Crippen LogP contribution is 2.37. The fourth-order valence-electron chi connectivity index (χ4n) is 4.78. The smallest absolute Gasteiger partial charge is 0.191 e. The van der Waals surface area contributed by atoms with Gasteiger partial charge in [-0.05, 0) is 80.4 Å². The van der Waals surface area contributed by atoms with Crippen molar-refractivity contribution >= 4 is 16.6 Å². The van der Waals surface area contributed by atoms with E-state index in [1.54, 1.807) is 0 Å². The van der Waals surface area contributed by atoms with Crippen molar-refractivity contribution in [2.24, 2.45) is 0 Å². The first-order valence-corrected chi connectivity index (χ1v) is 22.9. The van der Waals surface area contributed by atoms with Gasteiger partial charge in [0.25, 0.3) is 0 Å². The van der Waals surface area contributed by atoms with Crippen molar-refractivity contribution in [3.05, 3.63) is 35.9 Å². The Kier molecular flexibility index (Phi) is 16.6. The SMILES string of the molecule is CC(C)(C)[Si](C)(C)OCCCCC1CN(Cc2ccccc2)CCO1.CC(C)(C)[Si](C)(C)OCCCCC1CNCCO1. The lowest BCUT2D eigenvalue weighted by atomic mass is 10.1. The molecular formula is C35H68N2O4Si2. The topological polar surface area (TPSA) is 52.2 Å². The van der Waals surface area contributed by atoms with Crippen LogP contribution in [-0.2, 0) is 24.9 Å². The Morgan fingerprint density at radius 1 is 0.767 bits per heavy atom. The van der Waals surface area contributed by atoms with Gasteiger partial charge in [-0.3, -0.25) is 4.90 Å². The van der Waals surface area contributed by atoms with Gasteiger partial charge in [0, 0.05) is 45.9 Å². The number of hydrogen-bond acceptors (Lipinski definition) is 6. The van der Waals surface area contributed by atoms with E-state index in [-0.39, 0.29) is 0 Å². The van der Waals surface area contributed by atoms with Crippen LogP contribution in [0.5, 0.6) is 0 Å². The maximum absolute atomic E-state index is 6.27. The maximum Gasteiger partial charge on any atom is 0.191 e. The summed E-state index contributed by atoms with van der Waals surface area (Å²) in [6.45, 7) is 31.8. The van der Waals surface area contributed by atoms with E-state index in [4.69, 9.17) is 18.3 Å². The fraction of sp³-hybridized carbons (Fsp3) is 0.829. The number of nitrogens with one attached hydrogen (secondary N) is 1. The number of hydrogen-bond donors (Lipinski definition) is 1. The first kappa shape index (κ1) is 38.6. The summed E-state index contributed by atoms with van der Waals surface area (Å²) in [5.74, 6) is 0. The molecule has 1 aromatic rings. The van der Waals surface area contributed by atoms with Crippen LogP contribution in [0.25, 0.3) is 0 Å². The molecule has 2 saturated heterocycles. The second kappa shape index (κ2) is 18.5. The Morgan fingerprint density at radius 3 is 1.81 bits per heavy atom. The highest BCUT2D eigenvalue weighted by Gasteiger charge is 2.37. The minimum Gasteiger partial charge on any atom is -0.417 e. The molecule has 250 valence electrons. The summed E-state index contributed by atoms with van der Waals surface area (Å²) in [5.41, 5.74) is 1.39. The number of nitrogens with zero attached hydrogens (tertiary/aromatic N) is 1. The number of ether oxygens (including phenoxy) is 2. The highest BCUT2D eigenvalue weighted by atomic mass is 28.4. The van der Waals surface area contributed by atoms with Gasteiger partial charge in [0.15, 0.2) is 16.6 Å². The Balaban J connectivity index is 0.000000317. The quantitative estimate of drug-likeness (QED) is 0.164. The molecule has 2 aliphatic heterocycles. The third kappa shape index (κ3) is 15.0. The Bertz CT molecular complexity index is 865. The van der Waals surface area contributed by atoms with Gasteiger partial charge in [-0.1, -0.05) is 71.9 Å². The molecule has 0 amide bonds. The van der Waals surface area contributed by atoms with Gasteiger partial charge in [0.2, 0.25) is 0 Å². The molecule has 2 fully saturated rings. The largest absolute Gasteiger partial charge is 0.417 e. The third-order valence-corrected chi connectivity index (χ3v) is 18.9. The summed E-state index contributed by atoms with van der Waals surface area (Å²) in [6, 6.07) is 10.7. The fourth-order valence-corrected chi connectivity index (χ4v) is 6.96. The molecule has 0 spiro atoms. The normalized spacial score (nSPS) is 20.9. The van der Waals surface area contributed by atoms with Crippen molar-refractivity contribution in [1.29, 1.82) is 0 Å². The van der Waals surface area contributed by atoms with Crippen molar-refractivity contribution in [2.75, 3.05) is 52.6 Å². The molecule has 0 saturated carbocycles. The average Bonchev–Trinajstić information content (AvgIpc) is 2.93. The zero-order valence-corrected chi connectivity index (χ0v) is 31.7. The Morgan fingerprint density at radius 2 is 1.30 bits per heavy atom. The van der Waals surface area contributed by atoms with Crippen LogP contribution in [0.3, 0.4) is 0 Å². The lowest BCUT2D eigenvalue weighted by Gasteiger charge is -2.36. The molecule has 0 aliphatic carbocycles. The van der Waals surface area contributed by atoms with Crippen LogP contribution in [0, 0.1) is 0 Å². The Hall–Kier alpha value is -0.586. The van der Waals surface area contributed by atoms with E-state index in [0.717, 1.165) is 84.8 Å². The first-order chi connectivity index (χ1) is 20.1. The predicted molar refractivity (Wildman–Crippen MR) is 188 cm³/mol. The van der Waals surface area contributed by atoms with Crippen LogP contribution >= 0.6 is 0 Å². The average molecular weight is 637 g/mol. The van der Waals surface area contributed by atoms with Gasteiger partial charge >= 0.3 is 0 Å². The monoisotopic (exact) mass is 636 g/mol. The van der Waals surface area contributed by atoms with Gasteiger partial charge in [0.1, 0.15) is 0 Å². The van der Waals surface area contributed by atoms with Gasteiger partial charge in [-0.2, -0.15) is 0 Å². The minimum absolute atomic E-state index is 0.303. The molecule has 2 heterocycles. The van der Waals surface area contributed by atoms with E-state index in [9.17, 15) is 0 Å².